The third kappa shape index (κ3) is 2.09. The number of hydrogen-bond acceptors (Lipinski definition) is 3. The Bertz CT molecular complexity index is 241. The average molecular weight is 197 g/mol. The van der Waals surface area contributed by atoms with Crippen molar-refractivity contribution >= 4 is 11.5 Å². The molecule has 2 nitrogen and oxygen atoms in total. The van der Waals surface area contributed by atoms with Gasteiger partial charge in [-0.1, -0.05) is 19.3 Å². The molecule has 1 atom stereocenters. The van der Waals surface area contributed by atoms with Crippen molar-refractivity contribution < 1.29 is 5.11 Å². The van der Waals surface area contributed by atoms with Crippen LogP contribution >= 0.6 is 11.5 Å². The van der Waals surface area contributed by atoms with E-state index in [0.29, 0.717) is 5.92 Å². The van der Waals surface area contributed by atoms with Gasteiger partial charge in [0.2, 0.25) is 0 Å². The Morgan fingerprint density at radius 2 is 2.15 bits per heavy atom. The van der Waals surface area contributed by atoms with Gasteiger partial charge in [-0.3, -0.25) is 0 Å². The monoisotopic (exact) mass is 197 g/mol. The van der Waals surface area contributed by atoms with Gasteiger partial charge < -0.3 is 5.11 Å². The van der Waals surface area contributed by atoms with Gasteiger partial charge in [0, 0.05) is 6.20 Å². The molecule has 1 saturated carbocycles. The number of rotatable bonds is 2. The molecule has 1 N–H and O–H groups in total. The van der Waals surface area contributed by atoms with Crippen molar-refractivity contribution in [1.29, 1.82) is 0 Å². The summed E-state index contributed by atoms with van der Waals surface area (Å²) in [5, 5.41) is 10.0. The first-order valence-electron chi connectivity index (χ1n) is 4.96. The lowest BCUT2D eigenvalue weighted by molar-refractivity contribution is 0.0879. The van der Waals surface area contributed by atoms with E-state index in [4.69, 9.17) is 0 Å². The van der Waals surface area contributed by atoms with Crippen molar-refractivity contribution in [1.82, 2.24) is 4.37 Å². The van der Waals surface area contributed by atoms with E-state index >= 15 is 0 Å². The maximum atomic E-state index is 10.0. The molecular formula is C10H15NOS. The summed E-state index contributed by atoms with van der Waals surface area (Å²) in [6.07, 6.45) is 7.77. The van der Waals surface area contributed by atoms with Crippen molar-refractivity contribution in [2.45, 2.75) is 38.2 Å². The second-order valence-electron chi connectivity index (χ2n) is 3.76. The smallest absolute Gasteiger partial charge is 0.0925 e. The molecule has 72 valence electrons. The van der Waals surface area contributed by atoms with E-state index in [1.165, 1.54) is 43.6 Å². The van der Waals surface area contributed by atoms with Crippen molar-refractivity contribution in [2.75, 3.05) is 0 Å². The number of aliphatic hydroxyl groups is 1. The van der Waals surface area contributed by atoms with Gasteiger partial charge in [-0.15, -0.1) is 0 Å². The fourth-order valence-electron chi connectivity index (χ4n) is 2.06. The zero-order valence-corrected chi connectivity index (χ0v) is 8.46. The number of hydrogen-bond donors (Lipinski definition) is 1. The minimum Gasteiger partial charge on any atom is -0.387 e. The van der Waals surface area contributed by atoms with E-state index < -0.39 is 0 Å². The molecule has 0 radical (unpaired) electrons. The lowest BCUT2D eigenvalue weighted by Crippen LogP contribution is -2.14. The molecule has 0 aromatic carbocycles. The second kappa shape index (κ2) is 4.20. The molecule has 0 bridgehead atoms. The van der Waals surface area contributed by atoms with Gasteiger partial charge in [0.1, 0.15) is 0 Å². The van der Waals surface area contributed by atoms with Crippen LogP contribution in [0.2, 0.25) is 0 Å². The first kappa shape index (κ1) is 9.16. The predicted molar refractivity (Wildman–Crippen MR) is 53.6 cm³/mol. The maximum absolute atomic E-state index is 10.0. The van der Waals surface area contributed by atoms with Crippen LogP contribution in [0.3, 0.4) is 0 Å². The van der Waals surface area contributed by atoms with Crippen LogP contribution in [0.1, 0.15) is 43.1 Å². The third-order valence-electron chi connectivity index (χ3n) is 2.85. The molecule has 13 heavy (non-hydrogen) atoms. The molecule has 0 saturated heterocycles. The van der Waals surface area contributed by atoms with Gasteiger partial charge in [-0.25, -0.2) is 4.37 Å². The summed E-state index contributed by atoms with van der Waals surface area (Å²) in [5.74, 6) is 0.481. The van der Waals surface area contributed by atoms with Crippen LogP contribution in [0, 0.1) is 5.92 Å². The van der Waals surface area contributed by atoms with Crippen LogP contribution in [0.25, 0.3) is 0 Å². The largest absolute Gasteiger partial charge is 0.387 e. The predicted octanol–water partition coefficient (Wildman–Crippen LogP) is 2.76. The molecule has 0 aliphatic heterocycles. The molecule has 1 aliphatic carbocycles. The highest BCUT2D eigenvalue weighted by Crippen LogP contribution is 2.35. The quantitative estimate of drug-likeness (QED) is 0.790. The molecule has 0 spiro atoms. The maximum Gasteiger partial charge on any atom is 0.0925 e. The molecule has 2 rings (SSSR count). The van der Waals surface area contributed by atoms with Gasteiger partial charge in [0.05, 0.1) is 11.0 Å². The number of nitrogens with zero attached hydrogens (tertiary/aromatic N) is 1. The number of aromatic nitrogens is 1. The number of aliphatic hydroxyl groups excluding tert-OH is 1. The first-order chi connectivity index (χ1) is 6.38. The van der Waals surface area contributed by atoms with Crippen LogP contribution in [0.15, 0.2) is 12.3 Å². The highest BCUT2D eigenvalue weighted by molar-refractivity contribution is 7.05. The summed E-state index contributed by atoms with van der Waals surface area (Å²) in [5.41, 5.74) is 0. The second-order valence-corrected chi connectivity index (χ2v) is 4.62. The average Bonchev–Trinajstić information content (AvgIpc) is 2.71. The van der Waals surface area contributed by atoms with Crippen molar-refractivity contribution in [3.8, 4) is 0 Å². The van der Waals surface area contributed by atoms with Gasteiger partial charge in [-0.2, -0.15) is 0 Å². The normalized spacial score (nSPS) is 21.6. The SMILES string of the molecule is OC(c1ccns1)C1CCCCC1. The molecule has 1 aromatic heterocycles. The van der Waals surface area contributed by atoms with E-state index in [1.54, 1.807) is 6.20 Å². The molecule has 1 aromatic rings. The third-order valence-corrected chi connectivity index (χ3v) is 3.66. The Kier molecular flexibility index (Phi) is 2.96. The van der Waals surface area contributed by atoms with Gasteiger partial charge >= 0.3 is 0 Å². The van der Waals surface area contributed by atoms with Crippen LogP contribution in [-0.4, -0.2) is 9.48 Å². The Morgan fingerprint density at radius 1 is 1.38 bits per heavy atom. The molecule has 1 heterocycles. The Morgan fingerprint density at radius 3 is 2.77 bits per heavy atom. The Balaban J connectivity index is 1.99. The van der Waals surface area contributed by atoms with Crippen LogP contribution in [0.5, 0.6) is 0 Å². The highest BCUT2D eigenvalue weighted by atomic mass is 32.1. The summed E-state index contributed by atoms with van der Waals surface area (Å²) in [6.45, 7) is 0. The van der Waals surface area contributed by atoms with E-state index in [1.807, 2.05) is 6.07 Å². The van der Waals surface area contributed by atoms with Gasteiger partial charge in [0.25, 0.3) is 0 Å². The Labute approximate surface area is 82.8 Å². The molecule has 1 aliphatic rings. The first-order valence-corrected chi connectivity index (χ1v) is 5.74. The highest BCUT2D eigenvalue weighted by Gasteiger charge is 2.23. The van der Waals surface area contributed by atoms with Crippen LogP contribution in [0.4, 0.5) is 0 Å². The fourth-order valence-corrected chi connectivity index (χ4v) is 2.73. The lowest BCUT2D eigenvalue weighted by atomic mass is 9.85. The van der Waals surface area contributed by atoms with Gasteiger partial charge in [0.15, 0.2) is 0 Å². The van der Waals surface area contributed by atoms with Crippen molar-refractivity contribution in [3.63, 3.8) is 0 Å². The summed E-state index contributed by atoms with van der Waals surface area (Å²) in [4.78, 5) is 1.03. The van der Waals surface area contributed by atoms with E-state index in [0.717, 1.165) is 4.88 Å². The lowest BCUT2D eigenvalue weighted by Gasteiger charge is -2.25. The van der Waals surface area contributed by atoms with Crippen molar-refractivity contribution in [2.24, 2.45) is 5.92 Å². The zero-order valence-electron chi connectivity index (χ0n) is 7.65. The molecule has 1 unspecified atom stereocenters. The Hall–Kier alpha value is -0.410. The molecule has 0 amide bonds. The van der Waals surface area contributed by atoms with Crippen LogP contribution < -0.4 is 0 Å². The van der Waals surface area contributed by atoms with Crippen molar-refractivity contribution in [3.05, 3.63) is 17.1 Å². The summed E-state index contributed by atoms with van der Waals surface area (Å²) in [6, 6.07) is 1.93. The summed E-state index contributed by atoms with van der Waals surface area (Å²) in [7, 11) is 0. The molecule has 1 fully saturated rings. The fraction of sp³-hybridized carbons (Fsp3) is 0.700. The van der Waals surface area contributed by atoms with Gasteiger partial charge in [-0.05, 0) is 36.4 Å². The summed E-state index contributed by atoms with van der Waals surface area (Å²) >= 11 is 1.42. The van der Waals surface area contributed by atoms with E-state index in [2.05, 4.69) is 4.37 Å². The standard InChI is InChI=1S/C10H15NOS/c12-10(9-6-7-11-13-9)8-4-2-1-3-5-8/h6-8,10,12H,1-5H2. The van der Waals surface area contributed by atoms with E-state index in [9.17, 15) is 5.11 Å². The zero-order chi connectivity index (χ0) is 9.10. The minimum atomic E-state index is -0.257. The molecule has 3 heteroatoms. The summed E-state index contributed by atoms with van der Waals surface area (Å²) < 4.78 is 4.02. The van der Waals surface area contributed by atoms with E-state index in [-0.39, 0.29) is 6.10 Å². The van der Waals surface area contributed by atoms with Crippen LogP contribution in [-0.2, 0) is 0 Å². The minimum absolute atomic E-state index is 0.257. The molecular weight excluding hydrogens is 182 g/mol. The topological polar surface area (TPSA) is 33.1 Å².